The van der Waals surface area contributed by atoms with E-state index in [2.05, 4.69) is 21.4 Å². The molecular weight excluding hydrogens is 354 g/mol. The Kier molecular flexibility index (Phi) is 6.14. The van der Waals surface area contributed by atoms with Crippen LogP contribution in [0.4, 0.5) is 5.69 Å². The number of nitrogens with zero attached hydrogens (tertiary/aromatic N) is 3. The second-order valence-electron chi connectivity index (χ2n) is 6.41. The Morgan fingerprint density at radius 3 is 2.68 bits per heavy atom. The third-order valence-corrected chi connectivity index (χ3v) is 4.37. The molecule has 1 aromatic heterocycles. The molecule has 7 heteroatoms. The molecule has 0 spiro atoms. The van der Waals surface area contributed by atoms with Crippen molar-refractivity contribution in [3.05, 3.63) is 70.3 Å². The topological polar surface area (TPSA) is 102 Å². The highest BCUT2D eigenvalue weighted by atomic mass is 16.2. The summed E-state index contributed by atoms with van der Waals surface area (Å²) >= 11 is 0. The summed E-state index contributed by atoms with van der Waals surface area (Å²) in [4.78, 5) is 33.7. The van der Waals surface area contributed by atoms with Crippen LogP contribution in [-0.4, -0.2) is 33.9 Å². The molecule has 0 fully saturated rings. The van der Waals surface area contributed by atoms with E-state index in [-0.39, 0.29) is 18.0 Å². The van der Waals surface area contributed by atoms with Crippen LogP contribution in [0.2, 0.25) is 0 Å². The maximum Gasteiger partial charge on any atom is 0.258 e. The molecule has 0 bridgehead atoms. The van der Waals surface area contributed by atoms with Gasteiger partial charge in [-0.05, 0) is 36.4 Å². The molecule has 0 radical (unpaired) electrons. The van der Waals surface area contributed by atoms with E-state index >= 15 is 0 Å². The molecular formula is C21H21N5O2. The molecule has 0 aliphatic heterocycles. The van der Waals surface area contributed by atoms with Gasteiger partial charge in [-0.1, -0.05) is 31.2 Å². The highest BCUT2D eigenvalue weighted by molar-refractivity contribution is 5.92. The van der Waals surface area contributed by atoms with Crippen molar-refractivity contribution in [3.8, 4) is 6.07 Å². The van der Waals surface area contributed by atoms with Crippen LogP contribution in [0.5, 0.6) is 0 Å². The lowest BCUT2D eigenvalue weighted by Gasteiger charge is -2.19. The number of anilines is 1. The first-order valence-electron chi connectivity index (χ1n) is 9.05. The summed E-state index contributed by atoms with van der Waals surface area (Å²) in [5, 5.41) is 12.1. The van der Waals surface area contributed by atoms with Gasteiger partial charge in [-0.25, -0.2) is 4.98 Å². The first-order chi connectivity index (χ1) is 13.6. The predicted molar refractivity (Wildman–Crippen MR) is 108 cm³/mol. The smallest absolute Gasteiger partial charge is 0.258 e. The number of nitriles is 1. The highest BCUT2D eigenvalue weighted by Gasteiger charge is 2.12. The molecule has 0 unspecified atom stereocenters. The quantitative estimate of drug-likeness (QED) is 0.660. The number of hydrogen-bond donors (Lipinski definition) is 2. The fourth-order valence-electron chi connectivity index (χ4n) is 2.90. The number of H-pyrrole nitrogens is 1. The molecule has 3 aromatic rings. The lowest BCUT2D eigenvalue weighted by molar-refractivity contribution is -0.117. The lowest BCUT2D eigenvalue weighted by Crippen LogP contribution is -2.33. The van der Waals surface area contributed by atoms with Crippen molar-refractivity contribution < 1.29 is 4.79 Å². The van der Waals surface area contributed by atoms with E-state index in [0.29, 0.717) is 41.9 Å². The van der Waals surface area contributed by atoms with Crippen molar-refractivity contribution in [3.63, 3.8) is 0 Å². The normalized spacial score (nSPS) is 10.8. The molecule has 7 nitrogen and oxygen atoms in total. The summed E-state index contributed by atoms with van der Waals surface area (Å²) in [6.07, 6.45) is 0.342. The van der Waals surface area contributed by atoms with Crippen LogP contribution in [0, 0.1) is 11.3 Å². The average molecular weight is 375 g/mol. The van der Waals surface area contributed by atoms with Crippen LogP contribution < -0.4 is 10.9 Å². The molecule has 1 heterocycles. The fourth-order valence-corrected chi connectivity index (χ4v) is 2.90. The lowest BCUT2D eigenvalue weighted by atomic mass is 10.1. The van der Waals surface area contributed by atoms with Crippen molar-refractivity contribution in [1.82, 2.24) is 14.9 Å². The number of likely N-dealkylation sites (N-methyl/N-ethyl adjacent to an activating group) is 1. The van der Waals surface area contributed by atoms with Crippen LogP contribution in [0.25, 0.3) is 10.9 Å². The molecule has 0 saturated carbocycles. The Labute approximate surface area is 162 Å². The van der Waals surface area contributed by atoms with Crippen molar-refractivity contribution in [2.24, 2.45) is 0 Å². The average Bonchev–Trinajstić information content (AvgIpc) is 2.69. The Morgan fingerprint density at radius 1 is 1.21 bits per heavy atom. The standard InChI is InChI=1S/C21H21N5O2/c1-2-26(13-19-24-18-6-4-3-5-17(18)21(28)25-19)14-20(27)23-16-9-7-15(8-10-16)11-12-22/h3-10H,2,11,13-14H2,1H3,(H,23,27)(H,24,25,28). The van der Waals surface area contributed by atoms with Gasteiger partial charge in [-0.3, -0.25) is 14.5 Å². The number of benzene rings is 2. The number of para-hydroxylation sites is 1. The molecule has 0 saturated heterocycles. The van der Waals surface area contributed by atoms with E-state index in [1.54, 1.807) is 30.3 Å². The Morgan fingerprint density at radius 2 is 1.96 bits per heavy atom. The summed E-state index contributed by atoms with van der Waals surface area (Å²) in [6, 6.07) is 16.5. The van der Waals surface area contributed by atoms with Gasteiger partial charge in [-0.15, -0.1) is 0 Å². The van der Waals surface area contributed by atoms with E-state index in [1.807, 2.05) is 30.0 Å². The van der Waals surface area contributed by atoms with Gasteiger partial charge >= 0.3 is 0 Å². The maximum absolute atomic E-state index is 12.4. The predicted octanol–water partition coefficient (Wildman–Crippen LogP) is 2.45. The number of nitrogens with one attached hydrogen (secondary N) is 2. The highest BCUT2D eigenvalue weighted by Crippen LogP contribution is 2.11. The number of fused-ring (bicyclic) bond motifs is 1. The molecule has 0 aliphatic rings. The minimum Gasteiger partial charge on any atom is -0.325 e. The zero-order valence-corrected chi connectivity index (χ0v) is 15.6. The van der Waals surface area contributed by atoms with E-state index in [4.69, 9.17) is 5.26 Å². The molecule has 1 amide bonds. The van der Waals surface area contributed by atoms with Crippen LogP contribution in [-0.2, 0) is 17.8 Å². The Hall–Kier alpha value is -3.50. The minimum absolute atomic E-state index is 0.155. The van der Waals surface area contributed by atoms with Crippen LogP contribution in [0.3, 0.4) is 0 Å². The van der Waals surface area contributed by atoms with Gasteiger partial charge in [0.15, 0.2) is 0 Å². The van der Waals surface area contributed by atoms with E-state index in [0.717, 1.165) is 5.56 Å². The van der Waals surface area contributed by atoms with Gasteiger partial charge in [0.05, 0.1) is 36.5 Å². The number of aromatic amines is 1. The summed E-state index contributed by atoms with van der Waals surface area (Å²) < 4.78 is 0. The van der Waals surface area contributed by atoms with E-state index < -0.39 is 0 Å². The van der Waals surface area contributed by atoms with Crippen LogP contribution >= 0.6 is 0 Å². The number of carbonyl (C=O) groups excluding carboxylic acids is 1. The number of hydrogen-bond acceptors (Lipinski definition) is 5. The summed E-state index contributed by atoms with van der Waals surface area (Å²) in [5.41, 5.74) is 2.04. The SMILES string of the molecule is CCN(CC(=O)Nc1ccc(CC#N)cc1)Cc1nc2ccccc2c(=O)[nH]1. The molecule has 0 atom stereocenters. The Balaban J connectivity index is 1.64. The zero-order chi connectivity index (χ0) is 19.9. The van der Waals surface area contributed by atoms with Crippen molar-refractivity contribution in [2.75, 3.05) is 18.4 Å². The summed E-state index contributed by atoms with van der Waals surface area (Å²) in [5.74, 6) is 0.372. The van der Waals surface area contributed by atoms with E-state index in [9.17, 15) is 9.59 Å². The fraction of sp³-hybridized carbons (Fsp3) is 0.238. The molecule has 0 aliphatic carbocycles. The van der Waals surface area contributed by atoms with Gasteiger partial charge in [0.25, 0.3) is 5.56 Å². The number of rotatable bonds is 7. The van der Waals surface area contributed by atoms with Gasteiger partial charge in [0, 0.05) is 5.69 Å². The number of amides is 1. The van der Waals surface area contributed by atoms with Gasteiger partial charge in [0.1, 0.15) is 5.82 Å². The van der Waals surface area contributed by atoms with Gasteiger partial charge < -0.3 is 10.3 Å². The summed E-state index contributed by atoms with van der Waals surface area (Å²) in [6.45, 7) is 3.12. The van der Waals surface area contributed by atoms with Crippen molar-refractivity contribution in [2.45, 2.75) is 19.9 Å². The number of aromatic nitrogens is 2. The second-order valence-corrected chi connectivity index (χ2v) is 6.41. The minimum atomic E-state index is -0.182. The van der Waals surface area contributed by atoms with Crippen LogP contribution in [0.1, 0.15) is 18.3 Å². The molecule has 2 aromatic carbocycles. The van der Waals surface area contributed by atoms with Crippen LogP contribution in [0.15, 0.2) is 53.3 Å². The zero-order valence-electron chi connectivity index (χ0n) is 15.6. The number of carbonyl (C=O) groups is 1. The van der Waals surface area contributed by atoms with Crippen molar-refractivity contribution in [1.29, 1.82) is 5.26 Å². The third-order valence-electron chi connectivity index (χ3n) is 4.37. The van der Waals surface area contributed by atoms with Gasteiger partial charge in [-0.2, -0.15) is 5.26 Å². The monoisotopic (exact) mass is 375 g/mol. The largest absolute Gasteiger partial charge is 0.325 e. The third kappa shape index (κ3) is 4.81. The second kappa shape index (κ2) is 8.93. The van der Waals surface area contributed by atoms with Gasteiger partial charge in [0.2, 0.25) is 5.91 Å². The molecule has 2 N–H and O–H groups in total. The maximum atomic E-state index is 12.4. The van der Waals surface area contributed by atoms with Crippen molar-refractivity contribution >= 4 is 22.5 Å². The Bertz CT molecular complexity index is 1070. The molecule has 142 valence electrons. The first kappa shape index (κ1) is 19.3. The molecule has 28 heavy (non-hydrogen) atoms. The van der Waals surface area contributed by atoms with E-state index in [1.165, 1.54) is 0 Å². The first-order valence-corrected chi connectivity index (χ1v) is 9.05. The molecule has 3 rings (SSSR count). The summed E-state index contributed by atoms with van der Waals surface area (Å²) in [7, 11) is 0.